The normalized spacial score (nSPS) is 19.6. The van der Waals surface area contributed by atoms with E-state index < -0.39 is 11.7 Å². The molecule has 2 fully saturated rings. The quantitative estimate of drug-likeness (QED) is 0.196. The Labute approximate surface area is 242 Å². The van der Waals surface area contributed by atoms with E-state index >= 15 is 0 Å². The number of pyridine rings is 2. The van der Waals surface area contributed by atoms with Gasteiger partial charge in [-0.05, 0) is 63.3 Å². The molecule has 3 amide bonds. The number of nitrogens with zero attached hydrogens (tertiary/aromatic N) is 3. The summed E-state index contributed by atoms with van der Waals surface area (Å²) in [6, 6.07) is 5.65. The zero-order valence-electron chi connectivity index (χ0n) is 23.6. The highest BCUT2D eigenvalue weighted by Gasteiger charge is 2.72. The summed E-state index contributed by atoms with van der Waals surface area (Å²) in [7, 11) is 0. The van der Waals surface area contributed by atoms with Gasteiger partial charge in [-0.2, -0.15) is 0 Å². The lowest BCUT2D eigenvalue weighted by atomic mass is 10.1. The van der Waals surface area contributed by atoms with Crippen LogP contribution in [0.15, 0.2) is 24.4 Å². The average Bonchev–Trinajstić information content (AvgIpc) is 3.08. The second kappa shape index (κ2) is 10.3. The third-order valence-electron chi connectivity index (χ3n) is 7.43. The van der Waals surface area contributed by atoms with Gasteiger partial charge in [0.05, 0.1) is 40.0 Å². The van der Waals surface area contributed by atoms with Crippen molar-refractivity contribution >= 4 is 56.7 Å². The van der Waals surface area contributed by atoms with Crippen LogP contribution in [0.1, 0.15) is 51.5 Å². The standard InChI is InChI=1S/C29H34ClN5O4S/c1-15-12-19(30)34-23(22(15)32-9-7-10-33-27(38)39-28(2,3)4)17-8-11-31-18-13-16(40-24(17)18)14-35-25(36)20-21(26(35)37)29(20,5)6/h8,11-13,20-21,32H,7,9-10,14H2,1-6H3,(H,33,38). The van der Waals surface area contributed by atoms with Gasteiger partial charge in [0.25, 0.3) is 0 Å². The van der Waals surface area contributed by atoms with Crippen LogP contribution in [0.25, 0.3) is 21.5 Å². The van der Waals surface area contributed by atoms with Crippen molar-refractivity contribution in [2.75, 3.05) is 18.4 Å². The lowest BCUT2D eigenvalue weighted by molar-refractivity contribution is -0.143. The zero-order chi connectivity index (χ0) is 29.0. The molecule has 4 heterocycles. The molecule has 0 aromatic carbocycles. The molecule has 2 unspecified atom stereocenters. The Kier molecular flexibility index (Phi) is 7.29. The number of rotatable bonds is 8. The number of hydrogen-bond donors (Lipinski definition) is 2. The van der Waals surface area contributed by atoms with Gasteiger partial charge < -0.3 is 15.4 Å². The number of anilines is 1. The van der Waals surface area contributed by atoms with Crippen molar-refractivity contribution in [3.05, 3.63) is 40.0 Å². The summed E-state index contributed by atoms with van der Waals surface area (Å²) in [6.07, 6.45) is 1.96. The number of hydrogen-bond acceptors (Lipinski definition) is 8. The van der Waals surface area contributed by atoms with Crippen LogP contribution in [0, 0.1) is 24.2 Å². The Morgan fingerprint density at radius 1 is 1.18 bits per heavy atom. The number of aromatic nitrogens is 2. The molecule has 1 saturated heterocycles. The lowest BCUT2D eigenvalue weighted by Crippen LogP contribution is -2.35. The highest BCUT2D eigenvalue weighted by molar-refractivity contribution is 7.19. The van der Waals surface area contributed by atoms with Crippen molar-refractivity contribution in [1.82, 2.24) is 20.2 Å². The number of imide groups is 1. The van der Waals surface area contributed by atoms with Gasteiger partial charge in [0.1, 0.15) is 10.8 Å². The van der Waals surface area contributed by atoms with Crippen molar-refractivity contribution in [3.63, 3.8) is 0 Å². The second-order valence-electron chi connectivity index (χ2n) is 12.0. The molecule has 1 saturated carbocycles. The van der Waals surface area contributed by atoms with Crippen molar-refractivity contribution in [2.45, 2.75) is 60.1 Å². The Morgan fingerprint density at radius 3 is 2.55 bits per heavy atom. The minimum absolute atomic E-state index is 0.0783. The van der Waals surface area contributed by atoms with Crippen LogP contribution in [0.5, 0.6) is 0 Å². The first-order valence-electron chi connectivity index (χ1n) is 13.4. The Morgan fingerprint density at radius 2 is 1.88 bits per heavy atom. The van der Waals surface area contributed by atoms with E-state index in [1.54, 1.807) is 6.20 Å². The monoisotopic (exact) mass is 583 g/mol. The van der Waals surface area contributed by atoms with Crippen LogP contribution >= 0.6 is 22.9 Å². The number of likely N-dealkylation sites (tertiary alicyclic amines) is 1. The number of alkyl carbamates (subject to hydrolysis) is 1. The summed E-state index contributed by atoms with van der Waals surface area (Å²) in [6.45, 7) is 12.7. The minimum Gasteiger partial charge on any atom is -0.444 e. The first-order chi connectivity index (χ1) is 18.8. The summed E-state index contributed by atoms with van der Waals surface area (Å²) in [5.41, 5.74) is 3.34. The van der Waals surface area contributed by atoms with Crippen molar-refractivity contribution < 1.29 is 19.1 Å². The molecule has 5 rings (SSSR count). The van der Waals surface area contributed by atoms with E-state index in [1.807, 2.05) is 59.7 Å². The topological polar surface area (TPSA) is 114 Å². The predicted octanol–water partition coefficient (Wildman–Crippen LogP) is 5.79. The number of thiophene rings is 1. The van der Waals surface area contributed by atoms with Crippen molar-refractivity contribution in [1.29, 1.82) is 0 Å². The number of halogens is 1. The van der Waals surface area contributed by atoms with E-state index in [4.69, 9.17) is 16.3 Å². The van der Waals surface area contributed by atoms with Crippen LogP contribution in [-0.4, -0.2) is 51.5 Å². The van der Waals surface area contributed by atoms with Gasteiger partial charge in [-0.3, -0.25) is 19.5 Å². The van der Waals surface area contributed by atoms with Crippen LogP contribution in [0.4, 0.5) is 10.5 Å². The Balaban J connectivity index is 1.33. The maximum absolute atomic E-state index is 12.9. The SMILES string of the molecule is Cc1cc(Cl)nc(-c2ccnc3cc(CN4C(=O)C5C(C4=O)C5(C)C)sc23)c1NCCCNC(=O)OC(C)(C)C. The average molecular weight is 584 g/mol. The highest BCUT2D eigenvalue weighted by atomic mass is 35.5. The van der Waals surface area contributed by atoms with E-state index in [0.29, 0.717) is 30.4 Å². The van der Waals surface area contributed by atoms with E-state index in [1.165, 1.54) is 16.2 Å². The van der Waals surface area contributed by atoms with Crippen LogP contribution < -0.4 is 10.6 Å². The molecule has 0 radical (unpaired) electrons. The van der Waals surface area contributed by atoms with Gasteiger partial charge in [-0.1, -0.05) is 25.4 Å². The third kappa shape index (κ3) is 5.39. The second-order valence-corrected chi connectivity index (χ2v) is 13.5. The van der Waals surface area contributed by atoms with Gasteiger partial charge in [-0.15, -0.1) is 11.3 Å². The fourth-order valence-electron chi connectivity index (χ4n) is 5.42. The molecule has 3 aromatic rings. The number of ether oxygens (including phenoxy) is 1. The van der Waals surface area contributed by atoms with E-state index in [-0.39, 0.29) is 35.6 Å². The minimum atomic E-state index is -0.544. The molecular formula is C29H34ClN5O4S. The summed E-state index contributed by atoms with van der Waals surface area (Å²) in [5.74, 6) is -0.555. The Bertz CT molecular complexity index is 1490. The fraction of sp³-hybridized carbons (Fsp3) is 0.483. The van der Waals surface area contributed by atoms with Crippen molar-refractivity contribution in [3.8, 4) is 11.3 Å². The largest absolute Gasteiger partial charge is 0.444 e. The maximum Gasteiger partial charge on any atom is 0.407 e. The maximum atomic E-state index is 12.9. The number of nitrogens with one attached hydrogen (secondary N) is 2. The van der Waals surface area contributed by atoms with E-state index in [2.05, 4.69) is 20.6 Å². The number of aryl methyl sites for hydroxylation is 1. The molecule has 2 N–H and O–H groups in total. The highest BCUT2D eigenvalue weighted by Crippen LogP contribution is 2.63. The molecule has 2 atom stereocenters. The van der Waals surface area contributed by atoms with Gasteiger partial charge in [0.15, 0.2) is 0 Å². The van der Waals surface area contributed by atoms with Crippen LogP contribution in [-0.2, 0) is 20.9 Å². The molecule has 11 heteroatoms. The molecular weight excluding hydrogens is 550 g/mol. The molecule has 1 aliphatic carbocycles. The van der Waals surface area contributed by atoms with Crippen LogP contribution in [0.3, 0.4) is 0 Å². The van der Waals surface area contributed by atoms with E-state index in [9.17, 15) is 14.4 Å². The summed E-state index contributed by atoms with van der Waals surface area (Å²) in [5, 5.41) is 6.61. The zero-order valence-corrected chi connectivity index (χ0v) is 25.1. The fourth-order valence-corrected chi connectivity index (χ4v) is 6.79. The molecule has 40 heavy (non-hydrogen) atoms. The Hall–Kier alpha value is -3.24. The smallest absolute Gasteiger partial charge is 0.407 e. The van der Waals surface area contributed by atoms with Crippen LogP contribution in [0.2, 0.25) is 5.15 Å². The number of fused-ring (bicyclic) bond motifs is 2. The molecule has 2 aliphatic rings. The van der Waals surface area contributed by atoms with Gasteiger partial charge >= 0.3 is 6.09 Å². The molecule has 212 valence electrons. The number of piperidine rings is 1. The van der Waals surface area contributed by atoms with Gasteiger partial charge in [-0.25, -0.2) is 9.78 Å². The summed E-state index contributed by atoms with van der Waals surface area (Å²) < 4.78 is 6.19. The molecule has 1 aliphatic heterocycles. The summed E-state index contributed by atoms with van der Waals surface area (Å²) in [4.78, 5) is 49.2. The van der Waals surface area contributed by atoms with Gasteiger partial charge in [0.2, 0.25) is 11.8 Å². The predicted molar refractivity (Wildman–Crippen MR) is 156 cm³/mol. The molecule has 9 nitrogen and oxygen atoms in total. The first kappa shape index (κ1) is 28.3. The number of amides is 3. The summed E-state index contributed by atoms with van der Waals surface area (Å²) >= 11 is 7.90. The number of carbonyl (C=O) groups excluding carboxylic acids is 3. The lowest BCUT2D eigenvalue weighted by Gasteiger charge is -2.20. The van der Waals surface area contributed by atoms with E-state index in [0.717, 1.165) is 31.9 Å². The first-order valence-corrected chi connectivity index (χ1v) is 14.6. The molecule has 0 bridgehead atoms. The molecule has 0 spiro atoms. The van der Waals surface area contributed by atoms with Crippen molar-refractivity contribution in [2.24, 2.45) is 17.3 Å². The number of carbonyl (C=O) groups is 3. The van der Waals surface area contributed by atoms with Gasteiger partial charge in [0, 0.05) is 29.7 Å². The molecule has 3 aromatic heterocycles. The third-order valence-corrected chi connectivity index (χ3v) is 8.77.